The summed E-state index contributed by atoms with van der Waals surface area (Å²) in [5.41, 5.74) is -1.19. The predicted octanol–water partition coefficient (Wildman–Crippen LogP) is 1.33. The van der Waals surface area contributed by atoms with E-state index in [1.54, 1.807) is 18.7 Å². The van der Waals surface area contributed by atoms with Gasteiger partial charge in [0.25, 0.3) is 0 Å². The number of carbonyl (C=O) groups is 2. The van der Waals surface area contributed by atoms with Crippen LogP contribution in [0.25, 0.3) is 0 Å². The lowest BCUT2D eigenvalue weighted by Gasteiger charge is -2.39. The monoisotopic (exact) mass is 284 g/mol. The van der Waals surface area contributed by atoms with Crippen molar-refractivity contribution in [2.75, 3.05) is 0 Å². The van der Waals surface area contributed by atoms with Crippen molar-refractivity contribution < 1.29 is 19.8 Å². The summed E-state index contributed by atoms with van der Waals surface area (Å²) >= 11 is 0. The van der Waals surface area contributed by atoms with Crippen molar-refractivity contribution in [3.05, 3.63) is 0 Å². The van der Waals surface area contributed by atoms with E-state index in [0.717, 1.165) is 12.8 Å². The van der Waals surface area contributed by atoms with Crippen LogP contribution in [0.15, 0.2) is 0 Å². The molecule has 0 saturated carbocycles. The number of aliphatic carboxylic acids is 1. The third kappa shape index (κ3) is 2.49. The Kier molecular flexibility index (Phi) is 4.22. The molecule has 2 fully saturated rings. The molecule has 2 atom stereocenters. The maximum atomic E-state index is 12.5. The second-order valence-corrected chi connectivity index (χ2v) is 5.94. The number of fused-ring (bicyclic) bond motifs is 2. The standard InChI is InChI=1S/C14H24N2O4/c1-3-14(4-2,12(18)19)15-13(20)16-9-5-6-10(16)8-11(17)7-9/h9-11,17H,3-8H2,1-2H3,(H,15,20)(H,18,19). The average molecular weight is 284 g/mol. The second-order valence-electron chi connectivity index (χ2n) is 5.94. The highest BCUT2D eigenvalue weighted by atomic mass is 16.4. The molecule has 0 aromatic carbocycles. The van der Waals surface area contributed by atoms with Gasteiger partial charge in [-0.3, -0.25) is 0 Å². The van der Waals surface area contributed by atoms with E-state index in [1.165, 1.54) is 0 Å². The van der Waals surface area contributed by atoms with Crippen LogP contribution in [0.3, 0.4) is 0 Å². The van der Waals surface area contributed by atoms with Crippen molar-refractivity contribution in [1.29, 1.82) is 0 Å². The van der Waals surface area contributed by atoms with Gasteiger partial charge < -0.3 is 20.4 Å². The maximum absolute atomic E-state index is 12.5. The minimum absolute atomic E-state index is 0.0453. The van der Waals surface area contributed by atoms with E-state index in [4.69, 9.17) is 0 Å². The first-order valence-corrected chi connectivity index (χ1v) is 7.45. The molecule has 0 aromatic rings. The van der Waals surface area contributed by atoms with Gasteiger partial charge >= 0.3 is 12.0 Å². The molecule has 114 valence electrons. The van der Waals surface area contributed by atoms with Crippen LogP contribution in [-0.4, -0.2) is 50.8 Å². The lowest BCUT2D eigenvalue weighted by atomic mass is 9.93. The Balaban J connectivity index is 2.10. The van der Waals surface area contributed by atoms with Gasteiger partial charge in [0.2, 0.25) is 0 Å². The molecule has 20 heavy (non-hydrogen) atoms. The number of rotatable bonds is 4. The van der Waals surface area contributed by atoms with Crippen LogP contribution in [-0.2, 0) is 4.79 Å². The summed E-state index contributed by atoms with van der Waals surface area (Å²) in [6, 6.07) is -0.205. The van der Waals surface area contributed by atoms with Crippen LogP contribution in [0.4, 0.5) is 4.79 Å². The van der Waals surface area contributed by atoms with Gasteiger partial charge in [0.15, 0.2) is 0 Å². The fourth-order valence-electron chi connectivity index (χ4n) is 3.53. The fourth-order valence-corrected chi connectivity index (χ4v) is 3.53. The summed E-state index contributed by atoms with van der Waals surface area (Å²) in [6.07, 6.45) is 3.37. The predicted molar refractivity (Wildman–Crippen MR) is 73.4 cm³/mol. The SMILES string of the molecule is CCC(CC)(NC(=O)N1C2CCC1CC(O)C2)C(=O)O. The lowest BCUT2D eigenvalue weighted by Crippen LogP contribution is -2.60. The molecule has 0 radical (unpaired) electrons. The number of nitrogens with one attached hydrogen (secondary N) is 1. The normalized spacial score (nSPS) is 29.4. The number of hydrogen-bond donors (Lipinski definition) is 3. The van der Waals surface area contributed by atoms with Crippen LogP contribution in [0.2, 0.25) is 0 Å². The number of carbonyl (C=O) groups excluding carboxylic acids is 1. The van der Waals surface area contributed by atoms with Gasteiger partial charge in [0, 0.05) is 12.1 Å². The van der Waals surface area contributed by atoms with Crippen molar-refractivity contribution in [2.24, 2.45) is 0 Å². The Morgan fingerprint density at radius 2 is 1.70 bits per heavy atom. The van der Waals surface area contributed by atoms with Crippen LogP contribution in [0.5, 0.6) is 0 Å². The van der Waals surface area contributed by atoms with Crippen molar-refractivity contribution in [3.63, 3.8) is 0 Å². The van der Waals surface area contributed by atoms with E-state index in [2.05, 4.69) is 5.32 Å². The molecule has 2 aliphatic rings. The third-order valence-corrected chi connectivity index (χ3v) is 4.91. The minimum atomic E-state index is -1.19. The molecule has 2 rings (SSSR count). The molecule has 0 aliphatic carbocycles. The van der Waals surface area contributed by atoms with Gasteiger partial charge in [-0.05, 0) is 38.5 Å². The number of piperidine rings is 1. The van der Waals surface area contributed by atoms with E-state index in [0.29, 0.717) is 25.7 Å². The highest BCUT2D eigenvalue weighted by molar-refractivity contribution is 5.86. The zero-order chi connectivity index (χ0) is 14.9. The Morgan fingerprint density at radius 3 is 2.10 bits per heavy atom. The summed E-state index contributed by atoms with van der Waals surface area (Å²) in [6.45, 7) is 3.54. The van der Waals surface area contributed by atoms with Crippen molar-refractivity contribution in [3.8, 4) is 0 Å². The van der Waals surface area contributed by atoms with Crippen molar-refractivity contribution in [1.82, 2.24) is 10.2 Å². The van der Waals surface area contributed by atoms with E-state index >= 15 is 0 Å². The van der Waals surface area contributed by atoms with Crippen molar-refractivity contribution >= 4 is 12.0 Å². The number of aliphatic hydroxyl groups is 1. The van der Waals surface area contributed by atoms with E-state index < -0.39 is 11.5 Å². The molecular weight excluding hydrogens is 260 g/mol. The van der Waals surface area contributed by atoms with Crippen LogP contribution < -0.4 is 5.32 Å². The first kappa shape index (κ1) is 15.1. The molecule has 2 unspecified atom stereocenters. The number of aliphatic hydroxyl groups excluding tert-OH is 1. The minimum Gasteiger partial charge on any atom is -0.480 e. The number of carboxylic acids is 1. The zero-order valence-corrected chi connectivity index (χ0v) is 12.1. The molecule has 3 N–H and O–H groups in total. The van der Waals surface area contributed by atoms with Gasteiger partial charge in [-0.15, -0.1) is 0 Å². The fraction of sp³-hybridized carbons (Fsp3) is 0.857. The number of urea groups is 1. The molecule has 0 aromatic heterocycles. The highest BCUT2D eigenvalue weighted by Crippen LogP contribution is 2.36. The Hall–Kier alpha value is -1.30. The summed E-state index contributed by atoms with van der Waals surface area (Å²) in [5, 5.41) is 21.9. The average Bonchev–Trinajstić information content (AvgIpc) is 2.68. The van der Waals surface area contributed by atoms with E-state index in [-0.39, 0.29) is 24.2 Å². The van der Waals surface area contributed by atoms with Crippen LogP contribution in [0.1, 0.15) is 52.4 Å². The number of hydrogen-bond acceptors (Lipinski definition) is 3. The van der Waals surface area contributed by atoms with Crippen molar-refractivity contribution in [2.45, 2.75) is 76.1 Å². The van der Waals surface area contributed by atoms with Gasteiger partial charge in [-0.1, -0.05) is 13.8 Å². The zero-order valence-electron chi connectivity index (χ0n) is 12.1. The van der Waals surface area contributed by atoms with E-state index in [9.17, 15) is 19.8 Å². The largest absolute Gasteiger partial charge is 0.480 e. The molecule has 2 bridgehead atoms. The topological polar surface area (TPSA) is 89.9 Å². The van der Waals surface area contributed by atoms with Crippen LogP contribution in [0, 0.1) is 0 Å². The Labute approximate surface area is 119 Å². The molecule has 6 nitrogen and oxygen atoms in total. The van der Waals surface area contributed by atoms with Gasteiger partial charge in [-0.25, -0.2) is 9.59 Å². The number of nitrogens with zero attached hydrogens (tertiary/aromatic N) is 1. The lowest BCUT2D eigenvalue weighted by molar-refractivity contribution is -0.144. The molecular formula is C14H24N2O4. The maximum Gasteiger partial charge on any atom is 0.329 e. The van der Waals surface area contributed by atoms with E-state index in [1.807, 2.05) is 0 Å². The molecule has 6 heteroatoms. The first-order valence-electron chi connectivity index (χ1n) is 7.45. The Morgan fingerprint density at radius 1 is 1.20 bits per heavy atom. The second kappa shape index (κ2) is 5.60. The third-order valence-electron chi connectivity index (χ3n) is 4.91. The smallest absolute Gasteiger partial charge is 0.329 e. The molecule has 2 heterocycles. The summed E-state index contributed by atoms with van der Waals surface area (Å²) in [7, 11) is 0. The summed E-state index contributed by atoms with van der Waals surface area (Å²) in [4.78, 5) is 25.7. The molecule has 2 aliphatic heterocycles. The molecule has 0 spiro atoms. The summed E-state index contributed by atoms with van der Waals surface area (Å²) < 4.78 is 0. The highest BCUT2D eigenvalue weighted by Gasteiger charge is 2.45. The number of carboxylic acid groups (broad SMARTS) is 1. The molecule has 2 saturated heterocycles. The Bertz CT molecular complexity index is 381. The molecule has 2 amide bonds. The van der Waals surface area contributed by atoms with Gasteiger partial charge in [0.05, 0.1) is 6.10 Å². The first-order chi connectivity index (χ1) is 9.43. The quantitative estimate of drug-likeness (QED) is 0.726. The van der Waals surface area contributed by atoms with Crippen LogP contribution >= 0.6 is 0 Å². The number of amides is 2. The van der Waals surface area contributed by atoms with Gasteiger partial charge in [0.1, 0.15) is 5.54 Å². The summed E-state index contributed by atoms with van der Waals surface area (Å²) in [5.74, 6) is -0.986. The van der Waals surface area contributed by atoms with Gasteiger partial charge in [-0.2, -0.15) is 0 Å².